The van der Waals surface area contributed by atoms with E-state index in [0.29, 0.717) is 22.9 Å². The van der Waals surface area contributed by atoms with Crippen molar-refractivity contribution in [3.8, 4) is 11.3 Å². The molecule has 25 heavy (non-hydrogen) atoms. The molecule has 8 heteroatoms. The van der Waals surface area contributed by atoms with Crippen molar-refractivity contribution in [3.63, 3.8) is 0 Å². The number of nitrogens with one attached hydrogen (secondary N) is 1. The Morgan fingerprint density at radius 3 is 2.72 bits per heavy atom. The molecule has 0 spiro atoms. The fourth-order valence-electron chi connectivity index (χ4n) is 2.45. The van der Waals surface area contributed by atoms with Crippen LogP contribution in [-0.2, 0) is 0 Å². The monoisotopic (exact) mass is 337 g/mol. The van der Waals surface area contributed by atoms with Gasteiger partial charge in [0.15, 0.2) is 17.2 Å². The van der Waals surface area contributed by atoms with E-state index in [1.165, 1.54) is 16.6 Å². The molecule has 0 radical (unpaired) electrons. The maximum Gasteiger partial charge on any atom is 0.277 e. The van der Waals surface area contributed by atoms with E-state index in [4.69, 9.17) is 4.52 Å². The van der Waals surface area contributed by atoms with E-state index in [2.05, 4.69) is 20.6 Å². The van der Waals surface area contributed by atoms with Crippen molar-refractivity contribution in [1.29, 1.82) is 0 Å². The van der Waals surface area contributed by atoms with E-state index < -0.39 is 5.91 Å². The molecular weight excluding hydrogens is 325 g/mol. The average molecular weight is 337 g/mol. The highest BCUT2D eigenvalue weighted by Gasteiger charge is 2.15. The molecule has 1 aromatic carbocycles. The molecule has 1 N–H and O–H groups in total. The summed E-state index contributed by atoms with van der Waals surface area (Å²) in [7, 11) is 0. The van der Waals surface area contributed by atoms with Crippen LogP contribution in [0.5, 0.6) is 0 Å². The predicted octanol–water partition coefficient (Wildman–Crippen LogP) is 3.08. The number of fused-ring (bicyclic) bond motifs is 1. The molecule has 124 valence electrons. The van der Waals surface area contributed by atoms with Gasteiger partial charge in [0.25, 0.3) is 5.91 Å². The second-order valence-corrected chi connectivity index (χ2v) is 5.41. The Bertz CT molecular complexity index is 1070. The molecular formula is C17H12FN5O2. The minimum atomic E-state index is -0.427. The lowest BCUT2D eigenvalue weighted by molar-refractivity contribution is 0.102. The number of carbonyl (C=O) groups is 1. The van der Waals surface area contributed by atoms with E-state index in [9.17, 15) is 9.18 Å². The Morgan fingerprint density at radius 2 is 2.00 bits per heavy atom. The molecule has 3 aromatic heterocycles. The largest absolute Gasteiger partial charge is 0.360 e. The summed E-state index contributed by atoms with van der Waals surface area (Å²) in [5.41, 5.74) is 2.14. The standard InChI is InChI=1S/C17H12FN5O2/c1-10-8-15(22-25-10)20-17(24)13-9-16-19-7-6-14(23(16)21-13)11-2-4-12(18)5-3-11/h2-9H,1H3,(H,20,22,24). The lowest BCUT2D eigenvalue weighted by atomic mass is 10.1. The average Bonchev–Trinajstić information content (AvgIpc) is 3.21. The van der Waals surface area contributed by atoms with Crippen LogP contribution >= 0.6 is 0 Å². The van der Waals surface area contributed by atoms with E-state index in [1.807, 2.05) is 0 Å². The summed E-state index contributed by atoms with van der Waals surface area (Å²) in [6.45, 7) is 1.73. The van der Waals surface area contributed by atoms with Crippen molar-refractivity contribution in [2.24, 2.45) is 0 Å². The highest BCUT2D eigenvalue weighted by molar-refractivity contribution is 6.03. The number of amides is 1. The van der Waals surface area contributed by atoms with Crippen LogP contribution in [0.4, 0.5) is 10.2 Å². The first-order valence-electron chi connectivity index (χ1n) is 7.45. The van der Waals surface area contributed by atoms with Gasteiger partial charge in [-0.25, -0.2) is 13.9 Å². The smallest absolute Gasteiger partial charge is 0.277 e. The summed E-state index contributed by atoms with van der Waals surface area (Å²) in [5, 5.41) is 10.6. The second kappa shape index (κ2) is 5.82. The van der Waals surface area contributed by atoms with Crippen LogP contribution in [0, 0.1) is 12.7 Å². The number of hydrogen-bond acceptors (Lipinski definition) is 5. The molecule has 0 fully saturated rings. The van der Waals surface area contributed by atoms with Crippen LogP contribution in [0.15, 0.2) is 53.2 Å². The summed E-state index contributed by atoms with van der Waals surface area (Å²) in [5.74, 6) is 0.151. The van der Waals surface area contributed by atoms with Crippen molar-refractivity contribution >= 4 is 17.4 Å². The third-order valence-electron chi connectivity index (χ3n) is 3.60. The molecule has 0 saturated heterocycles. The zero-order valence-corrected chi connectivity index (χ0v) is 13.1. The number of rotatable bonds is 3. The molecule has 4 aromatic rings. The third kappa shape index (κ3) is 2.85. The van der Waals surface area contributed by atoms with Crippen LogP contribution in [0.1, 0.15) is 16.2 Å². The molecule has 0 unspecified atom stereocenters. The van der Waals surface area contributed by atoms with Crippen molar-refractivity contribution in [3.05, 3.63) is 65.9 Å². The van der Waals surface area contributed by atoms with E-state index in [0.717, 1.165) is 5.56 Å². The molecule has 1 amide bonds. The van der Waals surface area contributed by atoms with Crippen LogP contribution in [-0.4, -0.2) is 25.7 Å². The molecule has 0 aliphatic heterocycles. The first kappa shape index (κ1) is 15.0. The Hall–Kier alpha value is -3.55. The number of benzene rings is 1. The molecule has 0 aliphatic rings. The van der Waals surface area contributed by atoms with Crippen molar-refractivity contribution < 1.29 is 13.7 Å². The van der Waals surface area contributed by atoms with Gasteiger partial charge in [0.2, 0.25) is 0 Å². The number of nitrogens with zero attached hydrogens (tertiary/aromatic N) is 4. The molecule has 0 atom stereocenters. The van der Waals surface area contributed by atoms with Gasteiger partial charge in [-0.3, -0.25) is 4.79 Å². The summed E-state index contributed by atoms with van der Waals surface area (Å²) in [6, 6.07) is 10.9. The zero-order chi connectivity index (χ0) is 17.4. The molecule has 7 nitrogen and oxygen atoms in total. The first-order valence-corrected chi connectivity index (χ1v) is 7.45. The third-order valence-corrected chi connectivity index (χ3v) is 3.60. The number of aryl methyl sites for hydroxylation is 1. The van der Waals surface area contributed by atoms with Crippen LogP contribution in [0.2, 0.25) is 0 Å². The summed E-state index contributed by atoms with van der Waals surface area (Å²) >= 11 is 0. The SMILES string of the molecule is Cc1cc(NC(=O)c2cc3nccc(-c4ccc(F)cc4)n3n2)no1. The fourth-order valence-corrected chi connectivity index (χ4v) is 2.45. The summed E-state index contributed by atoms with van der Waals surface area (Å²) in [6.07, 6.45) is 1.61. The number of hydrogen-bond donors (Lipinski definition) is 1. The topological polar surface area (TPSA) is 85.3 Å². The van der Waals surface area contributed by atoms with Gasteiger partial charge < -0.3 is 9.84 Å². The normalized spacial score (nSPS) is 11.0. The Balaban J connectivity index is 1.71. The van der Waals surface area contributed by atoms with Gasteiger partial charge in [-0.1, -0.05) is 5.16 Å². The van der Waals surface area contributed by atoms with Gasteiger partial charge in [0.1, 0.15) is 11.6 Å². The first-order chi connectivity index (χ1) is 12.1. The second-order valence-electron chi connectivity index (χ2n) is 5.41. The van der Waals surface area contributed by atoms with Crippen molar-refractivity contribution in [1.82, 2.24) is 19.8 Å². The van der Waals surface area contributed by atoms with Gasteiger partial charge in [-0.05, 0) is 37.3 Å². The van der Waals surface area contributed by atoms with E-state index in [1.54, 1.807) is 43.5 Å². The van der Waals surface area contributed by atoms with Gasteiger partial charge in [0, 0.05) is 23.9 Å². The van der Waals surface area contributed by atoms with Crippen molar-refractivity contribution in [2.45, 2.75) is 6.92 Å². The fraction of sp³-hybridized carbons (Fsp3) is 0.0588. The summed E-state index contributed by atoms with van der Waals surface area (Å²) in [4.78, 5) is 16.6. The highest BCUT2D eigenvalue weighted by atomic mass is 19.1. The quantitative estimate of drug-likeness (QED) is 0.621. The number of carbonyl (C=O) groups excluding carboxylic acids is 1. The molecule has 4 rings (SSSR count). The lowest BCUT2D eigenvalue weighted by Crippen LogP contribution is -2.13. The molecule has 0 saturated carbocycles. The maximum absolute atomic E-state index is 13.1. The summed E-state index contributed by atoms with van der Waals surface area (Å²) < 4.78 is 19.6. The Kier molecular flexibility index (Phi) is 3.50. The van der Waals surface area contributed by atoms with Crippen LogP contribution in [0.3, 0.4) is 0 Å². The van der Waals surface area contributed by atoms with Gasteiger partial charge in [-0.15, -0.1) is 0 Å². The molecule has 3 heterocycles. The maximum atomic E-state index is 13.1. The van der Waals surface area contributed by atoms with Crippen molar-refractivity contribution in [2.75, 3.05) is 5.32 Å². The van der Waals surface area contributed by atoms with Gasteiger partial charge in [0.05, 0.1) is 5.69 Å². The highest BCUT2D eigenvalue weighted by Crippen LogP contribution is 2.20. The molecule has 0 bridgehead atoms. The van der Waals surface area contributed by atoms with E-state index in [-0.39, 0.29) is 11.5 Å². The van der Waals surface area contributed by atoms with Crippen LogP contribution < -0.4 is 5.32 Å². The number of halogens is 1. The lowest BCUT2D eigenvalue weighted by Gasteiger charge is -2.04. The zero-order valence-electron chi connectivity index (χ0n) is 13.1. The Labute approximate surface area is 141 Å². The van der Waals surface area contributed by atoms with Crippen LogP contribution in [0.25, 0.3) is 16.9 Å². The van der Waals surface area contributed by atoms with Gasteiger partial charge in [-0.2, -0.15) is 5.10 Å². The minimum Gasteiger partial charge on any atom is -0.360 e. The van der Waals surface area contributed by atoms with Gasteiger partial charge >= 0.3 is 0 Å². The predicted molar refractivity (Wildman–Crippen MR) is 87.6 cm³/mol. The Morgan fingerprint density at radius 1 is 1.20 bits per heavy atom. The number of anilines is 1. The minimum absolute atomic E-state index is 0.183. The molecule has 0 aliphatic carbocycles. The van der Waals surface area contributed by atoms with E-state index >= 15 is 0 Å². The number of aromatic nitrogens is 4.